The van der Waals surface area contributed by atoms with Gasteiger partial charge in [0.1, 0.15) is 5.78 Å². The van der Waals surface area contributed by atoms with E-state index in [2.05, 4.69) is 5.32 Å². The molecule has 1 aromatic rings. The van der Waals surface area contributed by atoms with E-state index >= 15 is 0 Å². The van der Waals surface area contributed by atoms with Crippen molar-refractivity contribution in [3.05, 3.63) is 23.8 Å². The average Bonchev–Trinajstić information content (AvgIpc) is 2.18. The zero-order chi connectivity index (χ0) is 13.9. The first kappa shape index (κ1) is 14.6. The summed E-state index contributed by atoms with van der Waals surface area (Å²) in [4.78, 5) is 40.2. The van der Waals surface area contributed by atoms with Crippen molar-refractivity contribution < 1.29 is 23.9 Å². The van der Waals surface area contributed by atoms with E-state index in [0.717, 1.165) is 0 Å². The van der Waals surface area contributed by atoms with E-state index < -0.39 is 13.5 Å². The molecular formula is C11H14NO5P. The maximum absolute atomic E-state index is 11.4. The van der Waals surface area contributed by atoms with Crippen molar-refractivity contribution in [3.63, 3.8) is 0 Å². The van der Waals surface area contributed by atoms with E-state index in [9.17, 15) is 14.2 Å². The third kappa shape index (κ3) is 4.07. The summed E-state index contributed by atoms with van der Waals surface area (Å²) in [6.45, 7) is 2.98. The van der Waals surface area contributed by atoms with Gasteiger partial charge in [0.15, 0.2) is 0 Å². The van der Waals surface area contributed by atoms with Crippen LogP contribution in [0.2, 0.25) is 0 Å². The van der Waals surface area contributed by atoms with Crippen LogP contribution in [-0.4, -0.2) is 21.5 Å². The Labute approximate surface area is 104 Å². The van der Waals surface area contributed by atoms with E-state index in [4.69, 9.17) is 9.79 Å². The van der Waals surface area contributed by atoms with Crippen LogP contribution >= 0.6 is 7.60 Å². The number of aryl methyl sites for hydroxylation is 1. The molecule has 0 aliphatic carbocycles. The Kier molecular flexibility index (Phi) is 4.40. The summed E-state index contributed by atoms with van der Waals surface area (Å²) in [5, 5.41) is 2.28. The second-order valence-corrected chi connectivity index (χ2v) is 5.57. The van der Waals surface area contributed by atoms with Gasteiger partial charge in [-0.15, -0.1) is 0 Å². The van der Waals surface area contributed by atoms with Crippen LogP contribution < -0.4 is 10.6 Å². The molecular weight excluding hydrogens is 257 g/mol. The number of rotatable bonds is 4. The van der Waals surface area contributed by atoms with Gasteiger partial charge in [-0.1, -0.05) is 6.07 Å². The van der Waals surface area contributed by atoms with Crippen LogP contribution in [0.25, 0.3) is 0 Å². The number of hydrogen-bond donors (Lipinski definition) is 3. The molecule has 0 aromatic heterocycles. The second kappa shape index (κ2) is 5.44. The van der Waals surface area contributed by atoms with Crippen molar-refractivity contribution in [3.8, 4) is 0 Å². The summed E-state index contributed by atoms with van der Waals surface area (Å²) in [7, 11) is -4.35. The van der Waals surface area contributed by atoms with E-state index in [1.165, 1.54) is 25.1 Å². The molecule has 6 nitrogen and oxygen atoms in total. The van der Waals surface area contributed by atoms with Gasteiger partial charge in [-0.25, -0.2) is 0 Å². The molecule has 1 rings (SSSR count). The summed E-state index contributed by atoms with van der Waals surface area (Å²) in [5.74, 6) is -0.787. The lowest BCUT2D eigenvalue weighted by atomic mass is 10.2. The Hall–Kier alpha value is -1.49. The standard InChI is InChI=1S/C11H14NO5P/c1-7-3-4-9(18(15,16)17)6-10(7)12-11(14)5-8(2)13/h3-4,6H,5H2,1-2H3,(H,12,14)(H2,15,16,17). The number of amides is 1. The number of anilines is 1. The van der Waals surface area contributed by atoms with Crippen molar-refractivity contribution in [1.29, 1.82) is 0 Å². The minimum absolute atomic E-state index is 0.175. The van der Waals surface area contributed by atoms with Crippen LogP contribution in [0.4, 0.5) is 5.69 Å². The molecule has 0 aliphatic rings. The molecule has 0 atom stereocenters. The Balaban J connectivity index is 2.98. The fourth-order valence-electron chi connectivity index (χ4n) is 1.35. The lowest BCUT2D eigenvalue weighted by Gasteiger charge is -2.11. The monoisotopic (exact) mass is 271 g/mol. The van der Waals surface area contributed by atoms with E-state index in [1.807, 2.05) is 0 Å². The fraction of sp³-hybridized carbons (Fsp3) is 0.273. The molecule has 18 heavy (non-hydrogen) atoms. The second-order valence-electron chi connectivity index (χ2n) is 3.97. The largest absolute Gasteiger partial charge is 0.356 e. The average molecular weight is 271 g/mol. The van der Waals surface area contributed by atoms with Crippen LogP contribution in [0.15, 0.2) is 18.2 Å². The first-order valence-electron chi connectivity index (χ1n) is 5.16. The Morgan fingerprint density at radius 2 is 1.94 bits per heavy atom. The van der Waals surface area contributed by atoms with E-state index in [-0.39, 0.29) is 17.5 Å². The highest BCUT2D eigenvalue weighted by Crippen LogP contribution is 2.34. The van der Waals surface area contributed by atoms with Crippen molar-refractivity contribution in [2.24, 2.45) is 0 Å². The molecule has 0 saturated heterocycles. The first-order chi connectivity index (χ1) is 8.20. The van der Waals surface area contributed by atoms with Gasteiger partial charge in [0, 0.05) is 5.69 Å². The van der Waals surface area contributed by atoms with E-state index in [0.29, 0.717) is 11.3 Å². The Bertz CT molecular complexity index is 534. The van der Waals surface area contributed by atoms with Crippen molar-refractivity contribution in [2.75, 3.05) is 5.32 Å². The smallest absolute Gasteiger partial charge is 0.325 e. The minimum Gasteiger partial charge on any atom is -0.325 e. The van der Waals surface area contributed by atoms with Gasteiger partial charge in [-0.05, 0) is 31.5 Å². The lowest BCUT2D eigenvalue weighted by Crippen LogP contribution is -2.17. The van der Waals surface area contributed by atoms with Gasteiger partial charge in [0.05, 0.1) is 11.7 Å². The Morgan fingerprint density at radius 1 is 1.33 bits per heavy atom. The van der Waals surface area contributed by atoms with Gasteiger partial charge in [0.25, 0.3) is 0 Å². The SMILES string of the molecule is CC(=O)CC(=O)Nc1cc(P(=O)(O)O)ccc1C. The predicted molar refractivity (Wildman–Crippen MR) is 66.8 cm³/mol. The highest BCUT2D eigenvalue weighted by atomic mass is 31.2. The zero-order valence-electron chi connectivity index (χ0n) is 10.0. The summed E-state index contributed by atoms with van der Waals surface area (Å²) in [5.41, 5.74) is 0.950. The molecule has 7 heteroatoms. The number of hydrogen-bond acceptors (Lipinski definition) is 3. The lowest BCUT2D eigenvalue weighted by molar-refractivity contribution is -0.124. The van der Waals surface area contributed by atoms with Gasteiger partial charge < -0.3 is 15.1 Å². The Morgan fingerprint density at radius 3 is 2.44 bits per heavy atom. The molecule has 98 valence electrons. The van der Waals surface area contributed by atoms with Gasteiger partial charge in [-0.3, -0.25) is 14.2 Å². The van der Waals surface area contributed by atoms with Gasteiger partial charge in [-0.2, -0.15) is 0 Å². The topological polar surface area (TPSA) is 104 Å². The summed E-state index contributed by atoms with van der Waals surface area (Å²) in [6.07, 6.45) is -0.264. The number of Topliss-reactive ketones (excluding diaryl/α,β-unsaturated/α-hetero) is 1. The van der Waals surface area contributed by atoms with Crippen LogP contribution in [0.3, 0.4) is 0 Å². The van der Waals surface area contributed by atoms with Crippen LogP contribution in [0, 0.1) is 6.92 Å². The molecule has 0 aliphatic heterocycles. The molecule has 0 heterocycles. The molecule has 1 amide bonds. The van der Waals surface area contributed by atoms with Crippen LogP contribution in [-0.2, 0) is 14.2 Å². The molecule has 1 aromatic carbocycles. The molecule has 0 radical (unpaired) electrons. The summed E-state index contributed by atoms with van der Waals surface area (Å²) in [6, 6.07) is 4.02. The van der Waals surface area contributed by atoms with Crippen molar-refractivity contribution in [1.82, 2.24) is 0 Å². The molecule has 0 saturated carbocycles. The molecule has 0 fully saturated rings. The first-order valence-corrected chi connectivity index (χ1v) is 6.77. The number of benzene rings is 1. The van der Waals surface area contributed by atoms with Crippen LogP contribution in [0.5, 0.6) is 0 Å². The molecule has 0 unspecified atom stereocenters. The minimum atomic E-state index is -4.35. The third-order valence-corrected chi connectivity index (χ3v) is 3.19. The molecule has 0 bridgehead atoms. The number of carbonyl (C=O) groups is 2. The van der Waals surface area contributed by atoms with Crippen LogP contribution in [0.1, 0.15) is 18.9 Å². The quantitative estimate of drug-likeness (QED) is 0.553. The number of nitrogens with one attached hydrogen (secondary N) is 1. The third-order valence-electron chi connectivity index (χ3n) is 2.24. The van der Waals surface area contributed by atoms with Crippen molar-refractivity contribution in [2.45, 2.75) is 20.3 Å². The van der Waals surface area contributed by atoms with Gasteiger partial charge >= 0.3 is 7.60 Å². The van der Waals surface area contributed by atoms with E-state index in [1.54, 1.807) is 6.92 Å². The number of ketones is 1. The van der Waals surface area contributed by atoms with Gasteiger partial charge in [0.2, 0.25) is 5.91 Å². The molecule has 0 spiro atoms. The summed E-state index contributed by atoms with van der Waals surface area (Å²) < 4.78 is 11.1. The highest BCUT2D eigenvalue weighted by molar-refractivity contribution is 7.60. The predicted octanol–water partition coefficient (Wildman–Crippen LogP) is 0.716. The number of carbonyl (C=O) groups excluding carboxylic acids is 2. The maximum Gasteiger partial charge on any atom is 0.356 e. The molecule has 3 N–H and O–H groups in total. The fourth-order valence-corrected chi connectivity index (χ4v) is 1.91. The highest BCUT2D eigenvalue weighted by Gasteiger charge is 2.18. The maximum atomic E-state index is 11.4. The zero-order valence-corrected chi connectivity index (χ0v) is 10.9. The normalized spacial score (nSPS) is 11.1. The van der Waals surface area contributed by atoms with Crippen molar-refractivity contribution >= 4 is 30.3 Å². The summed E-state index contributed by atoms with van der Waals surface area (Å²) >= 11 is 0.